The highest BCUT2D eigenvalue weighted by atomic mass is 79.9. The van der Waals surface area contributed by atoms with E-state index >= 15 is 0 Å². The summed E-state index contributed by atoms with van der Waals surface area (Å²) in [5, 5.41) is 2.98. The first-order valence-electron chi connectivity index (χ1n) is 5.99. The van der Waals surface area contributed by atoms with Gasteiger partial charge in [0.25, 0.3) is 10.0 Å². The van der Waals surface area contributed by atoms with Crippen LogP contribution >= 0.6 is 15.9 Å². The summed E-state index contributed by atoms with van der Waals surface area (Å²) in [6.07, 6.45) is 1.47. The Balaban J connectivity index is 2.28. The van der Waals surface area contributed by atoms with E-state index in [-0.39, 0.29) is 4.90 Å². The Morgan fingerprint density at radius 3 is 2.75 bits per heavy atom. The van der Waals surface area contributed by atoms with Crippen molar-refractivity contribution in [2.24, 2.45) is 0 Å². The molecular formula is C13H14BrN3O2S. The zero-order chi connectivity index (χ0) is 14.6. The van der Waals surface area contributed by atoms with Crippen LogP contribution in [0.3, 0.4) is 0 Å². The van der Waals surface area contributed by atoms with Crippen LogP contribution in [-0.4, -0.2) is 19.9 Å². The molecule has 0 fully saturated rings. The summed E-state index contributed by atoms with van der Waals surface area (Å²) in [5.74, 6) is 0.532. The molecule has 2 rings (SSSR count). The molecule has 1 heterocycles. The summed E-state index contributed by atoms with van der Waals surface area (Å²) in [6, 6.07) is 9.94. The zero-order valence-electron chi connectivity index (χ0n) is 10.8. The van der Waals surface area contributed by atoms with Crippen LogP contribution in [0.5, 0.6) is 0 Å². The third kappa shape index (κ3) is 3.71. The van der Waals surface area contributed by atoms with Gasteiger partial charge >= 0.3 is 0 Å². The van der Waals surface area contributed by atoms with Crippen molar-refractivity contribution in [1.29, 1.82) is 0 Å². The maximum atomic E-state index is 12.3. The quantitative estimate of drug-likeness (QED) is 0.864. The fourth-order valence-corrected chi connectivity index (χ4v) is 3.08. The van der Waals surface area contributed by atoms with Gasteiger partial charge < -0.3 is 5.32 Å². The van der Waals surface area contributed by atoms with Crippen molar-refractivity contribution < 1.29 is 8.42 Å². The lowest BCUT2D eigenvalue weighted by Crippen LogP contribution is -2.13. The molecule has 0 atom stereocenters. The predicted octanol–water partition coefficient (Wildman–Crippen LogP) is 3.08. The van der Waals surface area contributed by atoms with Crippen LogP contribution in [0.2, 0.25) is 0 Å². The van der Waals surface area contributed by atoms with Crippen molar-refractivity contribution in [3.8, 4) is 0 Å². The van der Waals surface area contributed by atoms with Gasteiger partial charge in [-0.05, 0) is 31.2 Å². The number of aromatic nitrogens is 1. The molecule has 2 aromatic rings. The normalized spacial score (nSPS) is 11.1. The molecule has 0 radical (unpaired) electrons. The Morgan fingerprint density at radius 1 is 1.25 bits per heavy atom. The summed E-state index contributed by atoms with van der Waals surface area (Å²) >= 11 is 3.30. The molecule has 106 valence electrons. The first-order chi connectivity index (χ1) is 9.51. The molecule has 0 spiro atoms. The molecule has 0 aliphatic rings. The minimum absolute atomic E-state index is 0.170. The van der Waals surface area contributed by atoms with Crippen LogP contribution < -0.4 is 10.0 Å². The van der Waals surface area contributed by atoms with Crippen LogP contribution in [0.15, 0.2) is 52.0 Å². The molecule has 0 saturated carbocycles. The van der Waals surface area contributed by atoms with Crippen LogP contribution in [0, 0.1) is 0 Å². The first-order valence-corrected chi connectivity index (χ1v) is 8.27. The second-order valence-electron chi connectivity index (χ2n) is 4.02. The lowest BCUT2D eigenvalue weighted by Gasteiger charge is -2.09. The molecule has 2 N–H and O–H groups in total. The van der Waals surface area contributed by atoms with E-state index in [1.165, 1.54) is 18.3 Å². The average molecular weight is 356 g/mol. The van der Waals surface area contributed by atoms with Crippen LogP contribution in [0.1, 0.15) is 6.92 Å². The maximum Gasteiger partial charge on any atom is 0.262 e. The predicted molar refractivity (Wildman–Crippen MR) is 83.4 cm³/mol. The fraction of sp³-hybridized carbons (Fsp3) is 0.154. The highest BCUT2D eigenvalue weighted by Crippen LogP contribution is 2.20. The van der Waals surface area contributed by atoms with Gasteiger partial charge in [0.1, 0.15) is 5.82 Å². The summed E-state index contributed by atoms with van der Waals surface area (Å²) in [5.41, 5.74) is 0.501. The Hall–Kier alpha value is -1.60. The maximum absolute atomic E-state index is 12.3. The molecule has 0 aliphatic carbocycles. The van der Waals surface area contributed by atoms with Crippen LogP contribution in [0.4, 0.5) is 11.5 Å². The van der Waals surface area contributed by atoms with E-state index in [0.717, 1.165) is 4.47 Å². The van der Waals surface area contributed by atoms with E-state index in [1.54, 1.807) is 18.2 Å². The third-order valence-electron chi connectivity index (χ3n) is 2.48. The minimum Gasteiger partial charge on any atom is -0.370 e. The van der Waals surface area contributed by atoms with Crippen LogP contribution in [0.25, 0.3) is 0 Å². The van der Waals surface area contributed by atoms with Crippen molar-refractivity contribution in [2.75, 3.05) is 16.6 Å². The minimum atomic E-state index is -3.62. The summed E-state index contributed by atoms with van der Waals surface area (Å²) in [6.45, 7) is 2.60. The molecule has 0 bridgehead atoms. The summed E-state index contributed by atoms with van der Waals surface area (Å²) in [4.78, 5) is 4.22. The molecular weight excluding hydrogens is 342 g/mol. The second kappa shape index (κ2) is 6.23. The van der Waals surface area contributed by atoms with Gasteiger partial charge in [-0.25, -0.2) is 13.4 Å². The van der Waals surface area contributed by atoms with E-state index in [2.05, 4.69) is 31.0 Å². The van der Waals surface area contributed by atoms with E-state index < -0.39 is 10.0 Å². The number of hydrogen-bond donors (Lipinski definition) is 2. The van der Waals surface area contributed by atoms with Crippen molar-refractivity contribution in [3.05, 3.63) is 47.1 Å². The first kappa shape index (κ1) is 14.8. The van der Waals surface area contributed by atoms with Gasteiger partial charge in [0.2, 0.25) is 0 Å². The standard InChI is InChI=1S/C13H14BrN3O2S/c1-2-15-13-9-12(6-7-16-13)20(18,19)17-11-5-3-4-10(14)8-11/h3-9,17H,2H2,1H3,(H,15,16). The van der Waals surface area contributed by atoms with E-state index in [4.69, 9.17) is 0 Å². The van der Waals surface area contributed by atoms with Gasteiger partial charge in [0.15, 0.2) is 0 Å². The molecule has 0 amide bonds. The summed E-state index contributed by atoms with van der Waals surface area (Å²) in [7, 11) is -3.62. The zero-order valence-corrected chi connectivity index (χ0v) is 13.2. The fourth-order valence-electron chi connectivity index (χ4n) is 1.62. The third-order valence-corrected chi connectivity index (χ3v) is 4.35. The number of nitrogens with one attached hydrogen (secondary N) is 2. The van der Waals surface area contributed by atoms with Gasteiger partial charge in [0, 0.05) is 29.0 Å². The number of pyridine rings is 1. The Labute approximate surface area is 126 Å². The number of halogens is 1. The number of sulfonamides is 1. The molecule has 7 heteroatoms. The Kier molecular flexibility index (Phi) is 4.61. The highest BCUT2D eigenvalue weighted by molar-refractivity contribution is 9.10. The second-order valence-corrected chi connectivity index (χ2v) is 6.62. The van der Waals surface area contributed by atoms with E-state index in [9.17, 15) is 8.42 Å². The lowest BCUT2D eigenvalue weighted by molar-refractivity contribution is 0.601. The molecule has 0 aliphatic heterocycles. The Bertz CT molecular complexity index is 704. The molecule has 1 aromatic heterocycles. The molecule has 1 aromatic carbocycles. The smallest absolute Gasteiger partial charge is 0.262 e. The van der Waals surface area contributed by atoms with Gasteiger partial charge in [-0.1, -0.05) is 22.0 Å². The van der Waals surface area contributed by atoms with Crippen molar-refractivity contribution in [2.45, 2.75) is 11.8 Å². The topological polar surface area (TPSA) is 71.1 Å². The SMILES string of the molecule is CCNc1cc(S(=O)(=O)Nc2cccc(Br)c2)ccn1. The van der Waals surface area contributed by atoms with E-state index in [1.807, 2.05) is 13.0 Å². The van der Waals surface area contributed by atoms with Crippen LogP contribution in [-0.2, 0) is 10.0 Å². The molecule has 0 saturated heterocycles. The van der Waals surface area contributed by atoms with Gasteiger partial charge in [-0.3, -0.25) is 4.72 Å². The molecule has 20 heavy (non-hydrogen) atoms. The number of anilines is 2. The van der Waals surface area contributed by atoms with Gasteiger partial charge in [-0.2, -0.15) is 0 Å². The van der Waals surface area contributed by atoms with Gasteiger partial charge in [0.05, 0.1) is 4.90 Å². The van der Waals surface area contributed by atoms with E-state index in [0.29, 0.717) is 18.1 Å². The highest BCUT2D eigenvalue weighted by Gasteiger charge is 2.15. The lowest BCUT2D eigenvalue weighted by atomic mass is 10.3. The van der Waals surface area contributed by atoms with Gasteiger partial charge in [-0.15, -0.1) is 0 Å². The summed E-state index contributed by atoms with van der Waals surface area (Å²) < 4.78 is 27.9. The van der Waals surface area contributed by atoms with Crippen molar-refractivity contribution in [3.63, 3.8) is 0 Å². The number of benzene rings is 1. The largest absolute Gasteiger partial charge is 0.370 e. The molecule has 0 unspecified atom stereocenters. The Morgan fingerprint density at radius 2 is 2.05 bits per heavy atom. The molecule has 5 nitrogen and oxygen atoms in total. The number of rotatable bonds is 5. The van der Waals surface area contributed by atoms with Crippen molar-refractivity contribution in [1.82, 2.24) is 4.98 Å². The number of nitrogens with zero attached hydrogens (tertiary/aromatic N) is 1. The monoisotopic (exact) mass is 355 g/mol. The van der Waals surface area contributed by atoms with Crippen molar-refractivity contribution >= 4 is 37.5 Å². The number of hydrogen-bond acceptors (Lipinski definition) is 4. The average Bonchev–Trinajstić information content (AvgIpc) is 2.39.